The molecule has 4 nitrogen and oxygen atoms in total. The molecule has 0 saturated heterocycles. The molecule has 2 aromatic rings. The Labute approximate surface area is 99.6 Å². The van der Waals surface area contributed by atoms with Crippen molar-refractivity contribution in [3.63, 3.8) is 0 Å². The third kappa shape index (κ3) is 2.68. The maximum Gasteiger partial charge on any atom is 0.424 e. The minimum absolute atomic E-state index is 0.0294. The fourth-order valence-corrected chi connectivity index (χ4v) is 1.23. The Kier molecular flexibility index (Phi) is 3.05. The Morgan fingerprint density at radius 3 is 2.39 bits per heavy atom. The number of halogens is 3. The van der Waals surface area contributed by atoms with Gasteiger partial charge in [-0.25, -0.2) is 14.3 Å². The number of rotatable bonds is 1. The maximum atomic E-state index is 12.3. The van der Waals surface area contributed by atoms with E-state index in [4.69, 9.17) is 4.74 Å². The molecule has 0 aliphatic carbocycles. The molecule has 1 aromatic carbocycles. The lowest BCUT2D eigenvalue weighted by Crippen LogP contribution is -2.15. The van der Waals surface area contributed by atoms with Crippen molar-refractivity contribution in [1.29, 1.82) is 0 Å². The molecule has 2 rings (SSSR count). The molecule has 1 aromatic heterocycles. The molecular weight excluding hydrogens is 249 g/mol. The van der Waals surface area contributed by atoms with E-state index in [1.165, 1.54) is 18.7 Å². The quantitative estimate of drug-likeness (QED) is 0.787. The second-order valence-electron chi connectivity index (χ2n) is 3.36. The highest BCUT2D eigenvalue weighted by Gasteiger charge is 2.30. The van der Waals surface area contributed by atoms with Gasteiger partial charge in [0.05, 0.1) is 5.56 Å². The van der Waals surface area contributed by atoms with Crippen LogP contribution in [0.25, 0.3) is 0 Å². The van der Waals surface area contributed by atoms with E-state index in [1.807, 2.05) is 0 Å². The Balaban J connectivity index is 2.09. The van der Waals surface area contributed by atoms with Gasteiger partial charge in [0.25, 0.3) is 0 Å². The molecular formula is C11H7F3N2O2. The van der Waals surface area contributed by atoms with Gasteiger partial charge in [-0.1, -0.05) is 0 Å². The summed E-state index contributed by atoms with van der Waals surface area (Å²) in [5.41, 5.74) is -0.801. The monoisotopic (exact) mass is 256 g/mol. The van der Waals surface area contributed by atoms with E-state index in [-0.39, 0.29) is 5.75 Å². The highest BCUT2D eigenvalue weighted by molar-refractivity contribution is 5.72. The smallest absolute Gasteiger partial charge is 0.410 e. The summed E-state index contributed by atoms with van der Waals surface area (Å²) in [6.07, 6.45) is -1.17. The van der Waals surface area contributed by atoms with Crippen molar-refractivity contribution in [2.45, 2.75) is 6.18 Å². The molecule has 0 aliphatic heterocycles. The molecule has 0 spiro atoms. The van der Waals surface area contributed by atoms with Crippen molar-refractivity contribution in [3.05, 3.63) is 48.5 Å². The van der Waals surface area contributed by atoms with Crippen LogP contribution in [-0.2, 0) is 6.18 Å². The van der Waals surface area contributed by atoms with Crippen LogP contribution in [0.1, 0.15) is 5.56 Å². The van der Waals surface area contributed by atoms with E-state index in [0.717, 1.165) is 28.8 Å². The Bertz CT molecular complexity index is 532. The Hall–Kier alpha value is -2.31. The van der Waals surface area contributed by atoms with Crippen molar-refractivity contribution in [2.24, 2.45) is 0 Å². The van der Waals surface area contributed by atoms with E-state index in [0.29, 0.717) is 0 Å². The number of aromatic nitrogens is 2. The van der Waals surface area contributed by atoms with Crippen molar-refractivity contribution in [2.75, 3.05) is 0 Å². The Morgan fingerprint density at radius 1 is 1.22 bits per heavy atom. The first-order valence-corrected chi connectivity index (χ1v) is 4.84. The minimum Gasteiger partial charge on any atom is -0.410 e. The van der Waals surface area contributed by atoms with Gasteiger partial charge in [-0.05, 0) is 24.3 Å². The van der Waals surface area contributed by atoms with Crippen LogP contribution >= 0.6 is 0 Å². The number of carbonyl (C=O) groups excluding carboxylic acids is 1. The second kappa shape index (κ2) is 4.52. The van der Waals surface area contributed by atoms with Crippen LogP contribution in [0.2, 0.25) is 0 Å². The van der Waals surface area contributed by atoms with Crippen LogP contribution in [-0.4, -0.2) is 15.6 Å². The summed E-state index contributed by atoms with van der Waals surface area (Å²) in [5, 5.41) is 0. The third-order valence-corrected chi connectivity index (χ3v) is 2.10. The predicted molar refractivity (Wildman–Crippen MR) is 55.1 cm³/mol. The molecule has 94 valence electrons. The number of alkyl halides is 3. The van der Waals surface area contributed by atoms with Crippen LogP contribution < -0.4 is 4.74 Å². The molecule has 7 heteroatoms. The normalized spacial score (nSPS) is 11.3. The van der Waals surface area contributed by atoms with Crippen LogP contribution in [0, 0.1) is 0 Å². The highest BCUT2D eigenvalue weighted by Crippen LogP contribution is 2.30. The molecule has 18 heavy (non-hydrogen) atoms. The third-order valence-electron chi connectivity index (χ3n) is 2.10. The van der Waals surface area contributed by atoms with Crippen LogP contribution in [0.5, 0.6) is 5.75 Å². The number of hydrogen-bond acceptors (Lipinski definition) is 3. The van der Waals surface area contributed by atoms with E-state index < -0.39 is 17.8 Å². The lowest BCUT2D eigenvalue weighted by Gasteiger charge is -2.08. The van der Waals surface area contributed by atoms with Gasteiger partial charge in [-0.15, -0.1) is 0 Å². The van der Waals surface area contributed by atoms with Crippen molar-refractivity contribution in [3.8, 4) is 5.75 Å². The van der Waals surface area contributed by atoms with Crippen LogP contribution in [0.4, 0.5) is 18.0 Å². The minimum atomic E-state index is -4.41. The summed E-state index contributed by atoms with van der Waals surface area (Å²) in [7, 11) is 0. The van der Waals surface area contributed by atoms with E-state index in [1.54, 1.807) is 0 Å². The average molecular weight is 256 g/mol. The van der Waals surface area contributed by atoms with E-state index in [9.17, 15) is 18.0 Å². The zero-order valence-electron chi connectivity index (χ0n) is 8.89. The van der Waals surface area contributed by atoms with Crippen molar-refractivity contribution in [1.82, 2.24) is 9.55 Å². The van der Waals surface area contributed by atoms with Gasteiger partial charge in [0.2, 0.25) is 0 Å². The van der Waals surface area contributed by atoms with Gasteiger partial charge in [-0.2, -0.15) is 13.2 Å². The molecule has 0 N–H and O–H groups in total. The lowest BCUT2D eigenvalue weighted by atomic mass is 10.2. The summed E-state index contributed by atoms with van der Waals surface area (Å²) >= 11 is 0. The predicted octanol–water partition coefficient (Wildman–Crippen LogP) is 2.95. The summed E-state index contributed by atoms with van der Waals surface area (Å²) in [6, 6.07) is 3.85. The first-order valence-electron chi connectivity index (χ1n) is 4.84. The fraction of sp³-hybridized carbons (Fsp3) is 0.0909. The number of nitrogens with zero attached hydrogens (tertiary/aromatic N) is 2. The first kappa shape index (κ1) is 12.2. The molecule has 0 radical (unpaired) electrons. The number of ether oxygens (including phenoxy) is 1. The number of benzene rings is 1. The average Bonchev–Trinajstić information content (AvgIpc) is 2.82. The van der Waals surface area contributed by atoms with Gasteiger partial charge in [0.15, 0.2) is 0 Å². The van der Waals surface area contributed by atoms with E-state index in [2.05, 4.69) is 4.98 Å². The molecule has 0 amide bonds. The fourth-order valence-electron chi connectivity index (χ4n) is 1.23. The number of hydrogen-bond donors (Lipinski definition) is 0. The molecule has 0 saturated carbocycles. The largest absolute Gasteiger partial charge is 0.424 e. The maximum absolute atomic E-state index is 12.3. The van der Waals surface area contributed by atoms with Crippen LogP contribution in [0.15, 0.2) is 43.0 Å². The van der Waals surface area contributed by atoms with Gasteiger partial charge in [-0.3, -0.25) is 0 Å². The lowest BCUT2D eigenvalue weighted by molar-refractivity contribution is -0.137. The van der Waals surface area contributed by atoms with Crippen molar-refractivity contribution < 1.29 is 22.7 Å². The molecule has 0 fully saturated rings. The van der Waals surface area contributed by atoms with Crippen LogP contribution in [0.3, 0.4) is 0 Å². The first-order chi connectivity index (χ1) is 8.47. The zero-order chi connectivity index (χ0) is 13.2. The summed E-state index contributed by atoms with van der Waals surface area (Å²) in [4.78, 5) is 15.1. The van der Waals surface area contributed by atoms with Crippen molar-refractivity contribution >= 4 is 6.09 Å². The standard InChI is InChI=1S/C11H7F3N2O2/c12-11(13,14)8-1-3-9(4-2-8)18-10(17)16-6-5-15-7-16/h1-7H. The highest BCUT2D eigenvalue weighted by atomic mass is 19.4. The van der Waals surface area contributed by atoms with Gasteiger partial charge in [0, 0.05) is 12.4 Å². The molecule has 0 unspecified atom stereocenters. The second-order valence-corrected chi connectivity index (χ2v) is 3.36. The summed E-state index contributed by atoms with van der Waals surface area (Å²) < 4.78 is 42.8. The molecule has 0 atom stereocenters. The van der Waals surface area contributed by atoms with E-state index >= 15 is 0 Å². The summed E-state index contributed by atoms with van der Waals surface area (Å²) in [5.74, 6) is 0.0294. The molecule has 1 heterocycles. The summed E-state index contributed by atoms with van der Waals surface area (Å²) in [6.45, 7) is 0. The van der Waals surface area contributed by atoms with Gasteiger partial charge < -0.3 is 4.74 Å². The SMILES string of the molecule is O=C(Oc1ccc(C(F)(F)F)cc1)n1ccnc1. The molecule has 0 aliphatic rings. The zero-order valence-corrected chi connectivity index (χ0v) is 8.89. The van der Waals surface area contributed by atoms with Gasteiger partial charge in [0.1, 0.15) is 12.1 Å². The number of carbonyl (C=O) groups is 1. The number of imidazole rings is 1. The Morgan fingerprint density at radius 2 is 1.89 bits per heavy atom. The topological polar surface area (TPSA) is 44.1 Å². The van der Waals surface area contributed by atoms with Gasteiger partial charge >= 0.3 is 12.3 Å². The molecule has 0 bridgehead atoms.